The molecular formula is C72H36Ga2N16O4. The van der Waals surface area contributed by atoms with Gasteiger partial charge in [0.1, 0.15) is 0 Å². The molecule has 0 spiro atoms. The Kier molecular flexibility index (Phi) is 10.6. The standard InChI is InChI=1S/2C32H16N8.C8H6O4.2Ga/c2*1-2-10-18-17(9-1)25-33-26(18)38-28-21-13-5-6-14-22(21)30(35-28)40-32-24-16-8-7-15-23(24)31(36-32)39-29-20-12-4-3-11-19(20)27(34-29)37-25;9-7(10)5-1-2-6(4-3-5)8(11)12;;/h2*1-16H;1-4H,(H,9,10)(H,11,12);;/q2*-2;;2*+3/p-2. The number of fused-ring (bicyclic) bond motifs is 28. The molecule has 0 aliphatic carbocycles. The molecule has 13 aromatic rings. The second-order valence-electron chi connectivity index (χ2n) is 23.4. The van der Waals surface area contributed by atoms with Gasteiger partial charge in [-0.2, -0.15) is 0 Å². The van der Waals surface area contributed by atoms with Crippen molar-refractivity contribution in [1.82, 2.24) is 13.1 Å². The molecule has 0 atom stereocenters. The Labute approximate surface area is 541 Å². The van der Waals surface area contributed by atoms with E-state index in [2.05, 4.69) is 0 Å². The molecule has 94 heavy (non-hydrogen) atoms. The number of hydrogen-bond donors (Lipinski definition) is 0. The predicted octanol–water partition coefficient (Wildman–Crippen LogP) is 9.87. The normalized spacial score (nSPS) is 15.3. The summed E-state index contributed by atoms with van der Waals surface area (Å²) in [4.78, 5) is 95.5. The van der Waals surface area contributed by atoms with Crippen LogP contribution in [-0.2, 0) is 7.06 Å². The summed E-state index contributed by atoms with van der Waals surface area (Å²) in [6, 6.07) is 69.8. The van der Waals surface area contributed by atoms with Crippen LogP contribution in [0.15, 0.2) is 278 Å². The van der Waals surface area contributed by atoms with E-state index in [0.717, 1.165) is 87.6 Å². The van der Waals surface area contributed by atoms with Crippen molar-refractivity contribution in [2.75, 3.05) is 0 Å². The van der Waals surface area contributed by atoms with Gasteiger partial charge >= 0.3 is 545 Å². The third kappa shape index (κ3) is 7.25. The third-order valence-electron chi connectivity index (χ3n) is 18.3. The van der Waals surface area contributed by atoms with Crippen LogP contribution < -0.4 is 22.0 Å². The minimum absolute atomic E-state index is 0.173. The Morgan fingerprint density at radius 3 is 0.670 bits per heavy atom. The first-order chi connectivity index (χ1) is 46.4. The molecule has 0 amide bonds. The van der Waals surface area contributed by atoms with Crippen molar-refractivity contribution in [3.63, 3.8) is 0 Å². The predicted molar refractivity (Wildman–Crippen MR) is 359 cm³/mol. The molecular weight excluding hydrogens is 1290 g/mol. The van der Waals surface area contributed by atoms with Crippen molar-refractivity contribution in [2.24, 2.45) is 59.9 Å². The van der Waals surface area contributed by atoms with Crippen molar-refractivity contribution in [2.45, 2.75) is 0 Å². The summed E-state index contributed by atoms with van der Waals surface area (Å²) < 4.78 is 22.5. The number of amidine groups is 8. The Morgan fingerprint density at radius 2 is 0.436 bits per heavy atom. The van der Waals surface area contributed by atoms with E-state index < -0.39 is 46.1 Å². The maximum atomic E-state index is 15.7. The summed E-state index contributed by atoms with van der Waals surface area (Å²) in [7, 11) is 0. The molecule has 8 aliphatic rings. The summed E-state index contributed by atoms with van der Waals surface area (Å²) in [6.07, 6.45) is 0. The zero-order valence-electron chi connectivity index (χ0n) is 48.7. The van der Waals surface area contributed by atoms with E-state index in [1.165, 1.54) is 0 Å². The van der Waals surface area contributed by atoms with Gasteiger partial charge in [0.2, 0.25) is 0 Å². The third-order valence-corrected chi connectivity index (χ3v) is 27.9. The van der Waals surface area contributed by atoms with Crippen LogP contribution in [-0.4, -0.2) is 106 Å². The molecule has 0 N–H and O–H groups in total. The fourth-order valence-corrected chi connectivity index (χ4v) is 24.1. The van der Waals surface area contributed by atoms with E-state index in [1.54, 1.807) is 24.3 Å². The second kappa shape index (κ2) is 19.2. The topological polar surface area (TPSA) is 221 Å². The molecule has 21 rings (SSSR count). The molecule has 12 bridgehead atoms. The SMILES string of the molecule is O=C([O][Ga]1[n]2c3c4ccccc4c2N=C2N=C(N=c4c5ccccc5c([n]41)=NC1=NC(=N3)c3ccccc31)c1ccccc12)c1ccc(C(=O)[O][Ga]2[n]3c4c5ccccc5c3N=C3N=C(N=c5c6ccccc6c([n]52)=NC2=NC(=N4)c4ccccc42)c2ccccc23)cc1. The molecule has 4 aromatic heterocycles. The Hall–Kier alpha value is -12.1. The Balaban J connectivity index is 0.747. The minimum atomic E-state index is -4.46. The van der Waals surface area contributed by atoms with Gasteiger partial charge in [0.15, 0.2) is 0 Å². The van der Waals surface area contributed by atoms with Gasteiger partial charge in [-0.15, -0.1) is 0 Å². The molecule has 0 radical (unpaired) electrons. The first-order valence-electron chi connectivity index (χ1n) is 30.4. The van der Waals surface area contributed by atoms with Gasteiger partial charge in [0, 0.05) is 0 Å². The van der Waals surface area contributed by atoms with E-state index in [9.17, 15) is 0 Å². The monoisotopic (exact) mass is 1330 g/mol. The quantitative estimate of drug-likeness (QED) is 0.157. The molecule has 0 saturated heterocycles. The first kappa shape index (κ1) is 51.6. The summed E-state index contributed by atoms with van der Waals surface area (Å²) in [5, 5.41) is 6.15. The number of carbonyl (C=O) groups is 2. The van der Waals surface area contributed by atoms with Gasteiger partial charge in [-0.1, -0.05) is 0 Å². The van der Waals surface area contributed by atoms with Crippen LogP contribution in [0.1, 0.15) is 65.2 Å². The number of hydrogen-bond acceptors (Lipinski definition) is 16. The van der Waals surface area contributed by atoms with Crippen LogP contribution in [0.25, 0.3) is 43.1 Å². The van der Waals surface area contributed by atoms with Crippen molar-refractivity contribution in [1.29, 1.82) is 0 Å². The van der Waals surface area contributed by atoms with Crippen LogP contribution in [0.4, 0.5) is 23.3 Å². The average molecular weight is 1330 g/mol. The summed E-state index contributed by atoms with van der Waals surface area (Å²) >= 11 is -8.91. The number of benzene rings is 9. The number of aliphatic imine (C=N–C) groups is 8. The fraction of sp³-hybridized carbons (Fsp3) is 0. The molecule has 12 heterocycles. The first-order valence-corrected chi connectivity index (χ1v) is 36.7. The molecule has 0 fully saturated rings. The van der Waals surface area contributed by atoms with Gasteiger partial charge in [0.25, 0.3) is 0 Å². The zero-order chi connectivity index (χ0) is 61.6. The van der Waals surface area contributed by atoms with Crippen molar-refractivity contribution >= 4 is 159 Å². The molecule has 0 saturated carbocycles. The number of nitrogens with zero attached hydrogens (tertiary/aromatic N) is 16. The van der Waals surface area contributed by atoms with Crippen LogP contribution in [0, 0.1) is 0 Å². The second-order valence-corrected chi connectivity index (χ2v) is 31.5. The van der Waals surface area contributed by atoms with Crippen LogP contribution in [0.5, 0.6) is 0 Å². The van der Waals surface area contributed by atoms with Crippen molar-refractivity contribution in [3.05, 3.63) is 296 Å². The van der Waals surface area contributed by atoms with Gasteiger partial charge in [0.05, 0.1) is 0 Å². The van der Waals surface area contributed by atoms with Crippen LogP contribution in [0.2, 0.25) is 0 Å². The maximum absolute atomic E-state index is 15.7. The van der Waals surface area contributed by atoms with Crippen molar-refractivity contribution in [3.8, 4) is 0 Å². The number of aromatic nitrogens is 4. The van der Waals surface area contributed by atoms with Gasteiger partial charge < -0.3 is 0 Å². The Bertz CT molecular complexity index is 5660. The molecule has 20 nitrogen and oxygen atoms in total. The van der Waals surface area contributed by atoms with E-state index in [-0.39, 0.29) is 11.1 Å². The molecule has 22 heteroatoms. The molecule has 9 aromatic carbocycles. The molecule has 0 unspecified atom stereocenters. The van der Waals surface area contributed by atoms with Crippen LogP contribution in [0.3, 0.4) is 0 Å². The van der Waals surface area contributed by atoms with Gasteiger partial charge in [-0.05, 0) is 0 Å². The van der Waals surface area contributed by atoms with Gasteiger partial charge in [-0.25, -0.2) is 0 Å². The summed E-state index contributed by atoms with van der Waals surface area (Å²) in [5.74, 6) is 4.35. The Morgan fingerprint density at radius 1 is 0.234 bits per heavy atom. The number of carbonyl (C=O) groups excluding carboxylic acids is 2. The van der Waals surface area contributed by atoms with E-state index in [0.29, 0.717) is 91.9 Å². The van der Waals surface area contributed by atoms with E-state index >= 15 is 9.59 Å². The summed E-state index contributed by atoms with van der Waals surface area (Å²) in [5.41, 5.74) is 8.80. The fourth-order valence-electron chi connectivity index (χ4n) is 14.1. The van der Waals surface area contributed by atoms with Gasteiger partial charge in [-0.3, -0.25) is 0 Å². The van der Waals surface area contributed by atoms with E-state index in [4.69, 9.17) is 67.0 Å². The molecule has 8 aliphatic heterocycles. The van der Waals surface area contributed by atoms with Crippen LogP contribution >= 0.6 is 0 Å². The van der Waals surface area contributed by atoms with E-state index in [1.807, 2.05) is 207 Å². The summed E-state index contributed by atoms with van der Waals surface area (Å²) in [6.45, 7) is 0. The van der Waals surface area contributed by atoms with Crippen molar-refractivity contribution < 1.29 is 16.6 Å². The zero-order valence-corrected chi connectivity index (χ0v) is 53.6. The number of rotatable bonds is 4. The average Bonchev–Trinajstić information content (AvgIpc) is 1.56. The molecule has 434 valence electrons.